The van der Waals surface area contributed by atoms with Gasteiger partial charge in [0, 0.05) is 32.1 Å². The standard InChI is InChI=1S/C19H27N7O/c27-18(8-10-26-14-21-23-24-26)25-9-4-7-16(13-25)19-17(12-20-22-19)11-15-5-2-1-3-6-15/h1-3,5-6,14,16-17,19-20,22H,4,7-13H2. The smallest absolute Gasteiger partial charge is 0.224 e. The van der Waals surface area contributed by atoms with E-state index in [9.17, 15) is 4.79 Å². The molecule has 2 aliphatic heterocycles. The third-order valence-electron chi connectivity index (χ3n) is 5.75. The van der Waals surface area contributed by atoms with Gasteiger partial charge in [-0.25, -0.2) is 4.68 Å². The van der Waals surface area contributed by atoms with Crippen molar-refractivity contribution < 1.29 is 4.79 Å². The van der Waals surface area contributed by atoms with Gasteiger partial charge in [-0.1, -0.05) is 30.3 Å². The highest BCUT2D eigenvalue weighted by molar-refractivity contribution is 5.76. The lowest BCUT2D eigenvalue weighted by Gasteiger charge is -2.37. The number of benzene rings is 1. The van der Waals surface area contributed by atoms with Gasteiger partial charge in [-0.05, 0) is 47.1 Å². The van der Waals surface area contributed by atoms with Crippen molar-refractivity contribution in [2.24, 2.45) is 11.8 Å². The summed E-state index contributed by atoms with van der Waals surface area (Å²) in [6.45, 7) is 3.20. The third-order valence-corrected chi connectivity index (χ3v) is 5.75. The molecule has 3 heterocycles. The molecule has 1 amide bonds. The van der Waals surface area contributed by atoms with E-state index < -0.39 is 0 Å². The lowest BCUT2D eigenvalue weighted by molar-refractivity contribution is -0.133. The number of hydrogen-bond acceptors (Lipinski definition) is 6. The van der Waals surface area contributed by atoms with Crippen molar-refractivity contribution in [2.75, 3.05) is 19.6 Å². The first-order chi connectivity index (χ1) is 13.3. The van der Waals surface area contributed by atoms with Crippen LogP contribution in [0.2, 0.25) is 0 Å². The van der Waals surface area contributed by atoms with Crippen molar-refractivity contribution in [3.05, 3.63) is 42.2 Å². The average Bonchev–Trinajstić information content (AvgIpc) is 3.39. The number of piperidine rings is 1. The van der Waals surface area contributed by atoms with Crippen molar-refractivity contribution in [1.82, 2.24) is 36.0 Å². The second kappa shape index (κ2) is 8.58. The third kappa shape index (κ3) is 4.51. The molecule has 2 N–H and O–H groups in total. The van der Waals surface area contributed by atoms with Crippen LogP contribution in [0.25, 0.3) is 0 Å². The molecule has 3 unspecified atom stereocenters. The van der Waals surface area contributed by atoms with Crippen LogP contribution in [-0.4, -0.2) is 56.7 Å². The first-order valence-corrected chi connectivity index (χ1v) is 9.80. The molecule has 0 saturated carbocycles. The second-order valence-electron chi connectivity index (χ2n) is 7.57. The van der Waals surface area contributed by atoms with E-state index in [0.29, 0.717) is 30.8 Å². The highest BCUT2D eigenvalue weighted by atomic mass is 16.2. The Balaban J connectivity index is 1.33. The van der Waals surface area contributed by atoms with Crippen LogP contribution in [-0.2, 0) is 17.8 Å². The maximum absolute atomic E-state index is 12.6. The molecular weight excluding hydrogens is 342 g/mol. The van der Waals surface area contributed by atoms with Crippen LogP contribution in [0.5, 0.6) is 0 Å². The van der Waals surface area contributed by atoms with Gasteiger partial charge >= 0.3 is 0 Å². The minimum absolute atomic E-state index is 0.195. The molecule has 0 spiro atoms. The summed E-state index contributed by atoms with van der Waals surface area (Å²) in [5.74, 6) is 1.23. The molecule has 2 aliphatic rings. The molecule has 2 saturated heterocycles. The number of amides is 1. The summed E-state index contributed by atoms with van der Waals surface area (Å²) in [5, 5.41) is 11.1. The van der Waals surface area contributed by atoms with Crippen LogP contribution in [0.4, 0.5) is 0 Å². The number of carbonyl (C=O) groups excluding carboxylic acids is 1. The van der Waals surface area contributed by atoms with Gasteiger partial charge in [0.25, 0.3) is 0 Å². The van der Waals surface area contributed by atoms with Gasteiger partial charge in [0.2, 0.25) is 5.91 Å². The Hall–Kier alpha value is -2.32. The zero-order valence-electron chi connectivity index (χ0n) is 15.5. The van der Waals surface area contributed by atoms with E-state index >= 15 is 0 Å². The minimum Gasteiger partial charge on any atom is -0.342 e. The molecule has 0 radical (unpaired) electrons. The average molecular weight is 369 g/mol. The number of rotatable bonds is 6. The van der Waals surface area contributed by atoms with Crippen molar-refractivity contribution >= 4 is 5.91 Å². The van der Waals surface area contributed by atoms with Gasteiger partial charge in [-0.15, -0.1) is 5.10 Å². The predicted octanol–water partition coefficient (Wildman–Crippen LogP) is 0.637. The number of nitrogens with one attached hydrogen (secondary N) is 2. The maximum atomic E-state index is 12.6. The number of hydrogen-bond donors (Lipinski definition) is 2. The predicted molar refractivity (Wildman–Crippen MR) is 100 cm³/mol. The Labute approximate surface area is 159 Å². The molecule has 8 heteroatoms. The van der Waals surface area contributed by atoms with Gasteiger partial charge in [0.15, 0.2) is 0 Å². The molecule has 2 fully saturated rings. The molecular formula is C19H27N7O. The molecule has 3 atom stereocenters. The maximum Gasteiger partial charge on any atom is 0.224 e. The summed E-state index contributed by atoms with van der Waals surface area (Å²) in [4.78, 5) is 14.7. The zero-order valence-corrected chi connectivity index (χ0v) is 15.5. The lowest BCUT2D eigenvalue weighted by Crippen LogP contribution is -2.49. The van der Waals surface area contributed by atoms with Crippen molar-refractivity contribution in [3.8, 4) is 0 Å². The molecule has 1 aromatic heterocycles. The van der Waals surface area contributed by atoms with Gasteiger partial charge in [0.05, 0.1) is 6.54 Å². The highest BCUT2D eigenvalue weighted by Crippen LogP contribution is 2.28. The van der Waals surface area contributed by atoms with E-state index in [4.69, 9.17) is 0 Å². The minimum atomic E-state index is 0.195. The summed E-state index contributed by atoms with van der Waals surface area (Å²) in [7, 11) is 0. The quantitative estimate of drug-likeness (QED) is 0.777. The van der Waals surface area contributed by atoms with Crippen LogP contribution in [0.15, 0.2) is 36.7 Å². The number of tetrazole rings is 1. The molecule has 144 valence electrons. The van der Waals surface area contributed by atoms with Gasteiger partial charge in [-0.2, -0.15) is 0 Å². The number of aryl methyl sites for hydroxylation is 1. The Bertz CT molecular complexity index is 721. The monoisotopic (exact) mass is 369 g/mol. The lowest BCUT2D eigenvalue weighted by atomic mass is 9.81. The van der Waals surface area contributed by atoms with Gasteiger partial charge in [-0.3, -0.25) is 15.6 Å². The van der Waals surface area contributed by atoms with E-state index in [1.54, 1.807) is 11.0 Å². The Kier molecular flexibility index (Phi) is 5.74. The number of nitrogens with zero attached hydrogens (tertiary/aromatic N) is 5. The zero-order chi connectivity index (χ0) is 18.5. The fraction of sp³-hybridized carbons (Fsp3) is 0.579. The van der Waals surface area contributed by atoms with E-state index in [-0.39, 0.29) is 5.91 Å². The Morgan fingerprint density at radius 2 is 2.15 bits per heavy atom. The highest BCUT2D eigenvalue weighted by Gasteiger charge is 2.36. The molecule has 0 aliphatic carbocycles. The molecule has 2 aromatic rings. The van der Waals surface area contributed by atoms with Crippen molar-refractivity contribution in [1.29, 1.82) is 0 Å². The second-order valence-corrected chi connectivity index (χ2v) is 7.57. The number of hydrazine groups is 1. The van der Waals surface area contributed by atoms with Crippen LogP contribution in [0.3, 0.4) is 0 Å². The van der Waals surface area contributed by atoms with E-state index in [1.165, 1.54) is 12.0 Å². The van der Waals surface area contributed by atoms with Crippen LogP contribution in [0.1, 0.15) is 24.8 Å². The molecule has 1 aromatic carbocycles. The Morgan fingerprint density at radius 3 is 2.96 bits per heavy atom. The Morgan fingerprint density at radius 1 is 1.26 bits per heavy atom. The fourth-order valence-electron chi connectivity index (χ4n) is 4.35. The number of aromatic nitrogens is 4. The van der Waals surface area contributed by atoms with E-state index in [1.807, 2.05) is 4.90 Å². The molecule has 0 bridgehead atoms. The summed E-state index contributed by atoms with van der Waals surface area (Å²) < 4.78 is 1.61. The topological polar surface area (TPSA) is 88.0 Å². The molecule has 4 rings (SSSR count). The number of likely N-dealkylation sites (tertiary alicyclic amines) is 1. The van der Waals surface area contributed by atoms with Crippen LogP contribution >= 0.6 is 0 Å². The fourth-order valence-corrected chi connectivity index (χ4v) is 4.35. The van der Waals surface area contributed by atoms with Crippen LogP contribution < -0.4 is 10.9 Å². The van der Waals surface area contributed by atoms with Gasteiger partial charge in [0.1, 0.15) is 6.33 Å². The van der Waals surface area contributed by atoms with E-state index in [2.05, 4.69) is 56.7 Å². The summed E-state index contributed by atoms with van der Waals surface area (Å²) in [6, 6.07) is 11.1. The SMILES string of the molecule is O=C(CCn1cnnn1)N1CCCC(C2NNCC2Cc2ccccc2)C1. The van der Waals surface area contributed by atoms with Gasteiger partial charge < -0.3 is 4.90 Å². The first kappa shape index (κ1) is 18.1. The van der Waals surface area contributed by atoms with Crippen molar-refractivity contribution in [3.63, 3.8) is 0 Å². The molecule has 8 nitrogen and oxygen atoms in total. The molecule has 27 heavy (non-hydrogen) atoms. The normalized spacial score (nSPS) is 25.6. The van der Waals surface area contributed by atoms with E-state index in [0.717, 1.165) is 32.5 Å². The summed E-state index contributed by atoms with van der Waals surface area (Å²) in [5.41, 5.74) is 8.22. The first-order valence-electron chi connectivity index (χ1n) is 9.80. The van der Waals surface area contributed by atoms with Crippen LogP contribution in [0, 0.1) is 11.8 Å². The summed E-state index contributed by atoms with van der Waals surface area (Å²) >= 11 is 0. The number of carbonyl (C=O) groups is 1. The largest absolute Gasteiger partial charge is 0.342 e. The van der Waals surface area contributed by atoms with Crippen molar-refractivity contribution in [2.45, 2.75) is 38.3 Å². The summed E-state index contributed by atoms with van der Waals surface area (Å²) in [6.07, 6.45) is 5.30.